The Labute approximate surface area is 126 Å². The van der Waals surface area contributed by atoms with Gasteiger partial charge in [0.1, 0.15) is 11.0 Å². The van der Waals surface area contributed by atoms with Crippen LogP contribution in [0.1, 0.15) is 66.1 Å². The molecule has 0 unspecified atom stereocenters. The molecule has 0 saturated heterocycles. The number of esters is 1. The molecule has 0 spiro atoms. The van der Waals surface area contributed by atoms with Crippen molar-refractivity contribution in [2.75, 3.05) is 13.2 Å². The maximum Gasteiger partial charge on any atom is 0.321 e. The summed E-state index contributed by atoms with van der Waals surface area (Å²) < 4.78 is 16.2. The third-order valence-corrected chi connectivity index (χ3v) is 3.72. The first-order chi connectivity index (χ1) is 9.87. The SMILES string of the molecule is CCOC(=O)C(C)(C)c1nc(C(CC)(CC)OCC)no1. The van der Waals surface area contributed by atoms with E-state index >= 15 is 0 Å². The number of carbonyl (C=O) groups excluding carboxylic acids is 1. The molecular weight excluding hydrogens is 272 g/mol. The summed E-state index contributed by atoms with van der Waals surface area (Å²) in [6, 6.07) is 0. The molecule has 0 aliphatic carbocycles. The van der Waals surface area contributed by atoms with E-state index in [1.54, 1.807) is 20.8 Å². The van der Waals surface area contributed by atoms with Gasteiger partial charge in [0.25, 0.3) is 0 Å². The van der Waals surface area contributed by atoms with Crippen LogP contribution in [-0.4, -0.2) is 29.3 Å². The zero-order valence-corrected chi connectivity index (χ0v) is 13.9. The van der Waals surface area contributed by atoms with Gasteiger partial charge in [-0.25, -0.2) is 0 Å². The van der Waals surface area contributed by atoms with E-state index in [0.717, 1.165) is 12.8 Å². The van der Waals surface area contributed by atoms with E-state index in [-0.39, 0.29) is 11.9 Å². The van der Waals surface area contributed by atoms with Gasteiger partial charge in [0.2, 0.25) is 11.7 Å². The van der Waals surface area contributed by atoms with Crippen molar-refractivity contribution in [3.8, 4) is 0 Å². The van der Waals surface area contributed by atoms with Crippen LogP contribution in [0.2, 0.25) is 0 Å². The zero-order valence-electron chi connectivity index (χ0n) is 13.9. The van der Waals surface area contributed by atoms with E-state index in [1.807, 2.05) is 20.8 Å². The monoisotopic (exact) mass is 298 g/mol. The molecule has 0 atom stereocenters. The predicted molar refractivity (Wildman–Crippen MR) is 77.8 cm³/mol. The van der Waals surface area contributed by atoms with Gasteiger partial charge in [-0.1, -0.05) is 19.0 Å². The Morgan fingerprint density at radius 2 is 1.76 bits per heavy atom. The van der Waals surface area contributed by atoms with Gasteiger partial charge in [0.05, 0.1) is 6.61 Å². The van der Waals surface area contributed by atoms with Crippen molar-refractivity contribution in [1.82, 2.24) is 10.1 Å². The van der Waals surface area contributed by atoms with Crippen LogP contribution < -0.4 is 0 Å². The Balaban J connectivity index is 3.12. The molecule has 0 fully saturated rings. The van der Waals surface area contributed by atoms with Crippen molar-refractivity contribution in [3.63, 3.8) is 0 Å². The van der Waals surface area contributed by atoms with E-state index in [9.17, 15) is 4.79 Å². The van der Waals surface area contributed by atoms with E-state index in [1.165, 1.54) is 0 Å². The molecule has 0 N–H and O–H groups in total. The molecule has 1 aromatic rings. The van der Waals surface area contributed by atoms with Crippen molar-refractivity contribution in [3.05, 3.63) is 11.7 Å². The highest BCUT2D eigenvalue weighted by Crippen LogP contribution is 2.33. The molecule has 1 heterocycles. The summed E-state index contributed by atoms with van der Waals surface area (Å²) in [6.45, 7) is 12.0. The number of aromatic nitrogens is 2. The summed E-state index contributed by atoms with van der Waals surface area (Å²) in [5, 5.41) is 4.04. The van der Waals surface area contributed by atoms with Crippen LogP contribution in [0.3, 0.4) is 0 Å². The first kappa shape index (κ1) is 17.6. The van der Waals surface area contributed by atoms with Crippen LogP contribution in [0, 0.1) is 0 Å². The lowest BCUT2D eigenvalue weighted by Crippen LogP contribution is -2.33. The van der Waals surface area contributed by atoms with Crippen LogP contribution in [-0.2, 0) is 25.3 Å². The number of nitrogens with zero attached hydrogens (tertiary/aromatic N) is 2. The normalized spacial score (nSPS) is 12.5. The predicted octanol–water partition coefficient (Wildman–Crippen LogP) is 2.96. The summed E-state index contributed by atoms with van der Waals surface area (Å²) in [6.07, 6.45) is 1.46. The van der Waals surface area contributed by atoms with E-state index in [2.05, 4.69) is 10.1 Å². The fourth-order valence-corrected chi connectivity index (χ4v) is 2.17. The van der Waals surface area contributed by atoms with Crippen molar-refractivity contribution in [2.45, 2.75) is 65.4 Å². The number of carbonyl (C=O) groups is 1. The highest BCUT2D eigenvalue weighted by atomic mass is 16.5. The van der Waals surface area contributed by atoms with Crippen LogP contribution in [0.25, 0.3) is 0 Å². The summed E-state index contributed by atoms with van der Waals surface area (Å²) >= 11 is 0. The fraction of sp³-hybridized carbons (Fsp3) is 0.800. The number of rotatable bonds is 8. The molecule has 0 amide bonds. The van der Waals surface area contributed by atoms with E-state index < -0.39 is 11.0 Å². The molecule has 0 bridgehead atoms. The van der Waals surface area contributed by atoms with Gasteiger partial charge in [0.15, 0.2) is 0 Å². The lowest BCUT2D eigenvalue weighted by Gasteiger charge is -2.27. The molecule has 6 heteroatoms. The molecule has 21 heavy (non-hydrogen) atoms. The quantitative estimate of drug-likeness (QED) is 0.687. The molecule has 6 nitrogen and oxygen atoms in total. The molecule has 0 saturated carbocycles. The first-order valence-corrected chi connectivity index (χ1v) is 7.53. The van der Waals surface area contributed by atoms with Crippen molar-refractivity contribution in [1.29, 1.82) is 0 Å². The molecule has 0 aliphatic rings. The van der Waals surface area contributed by atoms with Gasteiger partial charge in [0, 0.05) is 6.61 Å². The second kappa shape index (κ2) is 7.02. The van der Waals surface area contributed by atoms with Crippen molar-refractivity contribution in [2.24, 2.45) is 0 Å². The van der Waals surface area contributed by atoms with Crippen molar-refractivity contribution < 1.29 is 18.8 Å². The molecule has 1 aromatic heterocycles. The molecule has 120 valence electrons. The smallest absolute Gasteiger partial charge is 0.321 e. The Bertz CT molecular complexity index is 464. The molecular formula is C15H26N2O4. The first-order valence-electron chi connectivity index (χ1n) is 7.53. The largest absolute Gasteiger partial charge is 0.465 e. The molecule has 0 radical (unpaired) electrons. The summed E-state index contributed by atoms with van der Waals surface area (Å²) in [5.74, 6) is 0.360. The molecule has 0 aliphatic heterocycles. The van der Waals surface area contributed by atoms with E-state index in [4.69, 9.17) is 14.0 Å². The fourth-order valence-electron chi connectivity index (χ4n) is 2.17. The Kier molecular flexibility index (Phi) is 5.89. The van der Waals surface area contributed by atoms with Gasteiger partial charge in [-0.2, -0.15) is 4.98 Å². The van der Waals surface area contributed by atoms with Gasteiger partial charge in [-0.15, -0.1) is 0 Å². The molecule has 1 rings (SSSR count). The topological polar surface area (TPSA) is 74.5 Å². The maximum absolute atomic E-state index is 12.0. The van der Waals surface area contributed by atoms with Crippen molar-refractivity contribution >= 4 is 5.97 Å². The average Bonchev–Trinajstić information content (AvgIpc) is 2.96. The van der Waals surface area contributed by atoms with E-state index in [0.29, 0.717) is 19.0 Å². The Morgan fingerprint density at radius 3 is 2.24 bits per heavy atom. The van der Waals surface area contributed by atoms with Crippen LogP contribution >= 0.6 is 0 Å². The average molecular weight is 298 g/mol. The third-order valence-electron chi connectivity index (χ3n) is 3.72. The number of hydrogen-bond donors (Lipinski definition) is 0. The number of hydrogen-bond acceptors (Lipinski definition) is 6. The standard InChI is InChI=1S/C15H26N2O4/c1-7-15(8-2,20-10-4)11-16-12(21-17-11)14(5,6)13(18)19-9-3/h7-10H2,1-6H3. The second-order valence-corrected chi connectivity index (χ2v) is 5.40. The summed E-state index contributed by atoms with van der Waals surface area (Å²) in [4.78, 5) is 16.4. The van der Waals surface area contributed by atoms with Crippen LogP contribution in [0.5, 0.6) is 0 Å². The minimum Gasteiger partial charge on any atom is -0.465 e. The Hall–Kier alpha value is -1.43. The van der Waals surface area contributed by atoms with Gasteiger partial charge >= 0.3 is 5.97 Å². The minimum absolute atomic E-state index is 0.252. The maximum atomic E-state index is 12.0. The Morgan fingerprint density at radius 1 is 1.14 bits per heavy atom. The lowest BCUT2D eigenvalue weighted by atomic mass is 9.93. The summed E-state index contributed by atoms with van der Waals surface area (Å²) in [7, 11) is 0. The minimum atomic E-state index is -0.972. The molecule has 0 aromatic carbocycles. The summed E-state index contributed by atoms with van der Waals surface area (Å²) in [5.41, 5.74) is -1.54. The highest BCUT2D eigenvalue weighted by Gasteiger charge is 2.41. The number of ether oxygens (including phenoxy) is 2. The zero-order chi connectivity index (χ0) is 16.1. The second-order valence-electron chi connectivity index (χ2n) is 5.40. The van der Waals surface area contributed by atoms with Gasteiger partial charge < -0.3 is 14.0 Å². The lowest BCUT2D eigenvalue weighted by molar-refractivity contribution is -0.149. The van der Waals surface area contributed by atoms with Gasteiger partial charge in [-0.05, 0) is 40.5 Å². The highest BCUT2D eigenvalue weighted by molar-refractivity contribution is 5.80. The van der Waals surface area contributed by atoms with Gasteiger partial charge in [-0.3, -0.25) is 4.79 Å². The van der Waals surface area contributed by atoms with Crippen LogP contribution in [0.15, 0.2) is 4.52 Å². The third kappa shape index (κ3) is 3.43. The van der Waals surface area contributed by atoms with Crippen LogP contribution in [0.4, 0.5) is 0 Å².